The lowest BCUT2D eigenvalue weighted by atomic mass is 9.88. The van der Waals surface area contributed by atoms with Crippen LogP contribution in [0.2, 0.25) is 0 Å². The highest BCUT2D eigenvalue weighted by molar-refractivity contribution is 5.97. The van der Waals surface area contributed by atoms with Gasteiger partial charge in [-0.05, 0) is 69.3 Å². The maximum absolute atomic E-state index is 12.3. The Balaban J connectivity index is 1.26. The van der Waals surface area contributed by atoms with Gasteiger partial charge < -0.3 is 24.3 Å². The van der Waals surface area contributed by atoms with E-state index in [-0.39, 0.29) is 11.3 Å². The van der Waals surface area contributed by atoms with Gasteiger partial charge in [-0.1, -0.05) is 36.9 Å². The standard InChI is InChI=1S/C33H40N6O2/c1-4-28(40)37-16-18-38(19-17-37)31-30-26(34-32(35-31)41-21-25-11-7-15-36(25)3)20-39(22-33(30)13-14-33)27-12-6-10-24-9-5-8-23(2)29(24)27/h4-6,8-10,12,25H,1,7,11,13-22H2,2-3H3/t25-/m0/s1. The summed E-state index contributed by atoms with van der Waals surface area (Å²) in [7, 11) is 2.17. The number of anilines is 2. The largest absolute Gasteiger partial charge is 0.462 e. The maximum Gasteiger partial charge on any atom is 0.318 e. The first-order valence-electron chi connectivity index (χ1n) is 15.1. The first-order valence-corrected chi connectivity index (χ1v) is 15.1. The molecule has 1 amide bonds. The van der Waals surface area contributed by atoms with Crippen molar-refractivity contribution in [2.45, 2.75) is 50.6 Å². The second kappa shape index (κ2) is 10.3. The van der Waals surface area contributed by atoms with Crippen molar-refractivity contribution in [2.75, 3.05) is 62.7 Å². The minimum absolute atomic E-state index is 0.00115. The molecule has 2 saturated heterocycles. The fourth-order valence-electron chi connectivity index (χ4n) is 7.23. The average molecular weight is 553 g/mol. The Bertz CT molecular complexity index is 1490. The molecule has 7 rings (SSSR count). The van der Waals surface area contributed by atoms with Crippen molar-refractivity contribution in [3.63, 3.8) is 0 Å². The van der Waals surface area contributed by atoms with Gasteiger partial charge in [0.15, 0.2) is 0 Å². The average Bonchev–Trinajstić information content (AvgIpc) is 3.63. The summed E-state index contributed by atoms with van der Waals surface area (Å²) in [5.74, 6) is 1.01. The SMILES string of the molecule is C=CC(=O)N1CCN(c2nc(OC[C@@H]3CCCN3C)nc3c2C2(CC2)CN(c2cccc4cccc(C)c24)C3)CC1. The number of benzene rings is 2. The summed E-state index contributed by atoms with van der Waals surface area (Å²) < 4.78 is 6.37. The van der Waals surface area contributed by atoms with Crippen LogP contribution >= 0.6 is 0 Å². The number of carbonyl (C=O) groups excluding carboxylic acids is 1. The number of hydrogen-bond acceptors (Lipinski definition) is 7. The Morgan fingerprint density at radius 2 is 1.85 bits per heavy atom. The molecule has 1 atom stereocenters. The number of hydrogen-bond donors (Lipinski definition) is 0. The van der Waals surface area contributed by atoms with Crippen LogP contribution in [0.5, 0.6) is 6.01 Å². The Morgan fingerprint density at radius 1 is 1.07 bits per heavy atom. The van der Waals surface area contributed by atoms with Crippen LogP contribution in [0, 0.1) is 6.92 Å². The van der Waals surface area contributed by atoms with E-state index in [1.54, 1.807) is 0 Å². The number of rotatable bonds is 6. The minimum Gasteiger partial charge on any atom is -0.462 e. The highest BCUT2D eigenvalue weighted by atomic mass is 16.5. The molecule has 2 aromatic carbocycles. The highest BCUT2D eigenvalue weighted by Gasteiger charge is 2.53. The fraction of sp³-hybridized carbons (Fsp3) is 0.485. The molecule has 8 heteroatoms. The number of fused-ring (bicyclic) bond motifs is 3. The van der Waals surface area contributed by atoms with Crippen LogP contribution in [-0.2, 0) is 16.8 Å². The van der Waals surface area contributed by atoms with E-state index in [4.69, 9.17) is 14.7 Å². The van der Waals surface area contributed by atoms with Crippen molar-refractivity contribution in [2.24, 2.45) is 0 Å². The zero-order chi connectivity index (χ0) is 28.1. The van der Waals surface area contributed by atoms with Crippen LogP contribution in [0.1, 0.15) is 42.5 Å². The quantitative estimate of drug-likeness (QED) is 0.423. The van der Waals surface area contributed by atoms with Crippen LogP contribution in [0.4, 0.5) is 11.5 Å². The smallest absolute Gasteiger partial charge is 0.318 e. The zero-order valence-corrected chi connectivity index (χ0v) is 24.3. The summed E-state index contributed by atoms with van der Waals surface area (Å²) in [6.07, 6.45) is 6.04. The van der Waals surface area contributed by atoms with Crippen molar-refractivity contribution in [3.05, 3.63) is 65.9 Å². The summed E-state index contributed by atoms with van der Waals surface area (Å²) in [6, 6.07) is 14.1. The molecule has 3 aliphatic heterocycles. The molecule has 3 aromatic rings. The highest BCUT2D eigenvalue weighted by Crippen LogP contribution is 2.56. The van der Waals surface area contributed by atoms with Gasteiger partial charge in [0.05, 0.1) is 12.2 Å². The number of carbonyl (C=O) groups is 1. The lowest BCUT2D eigenvalue weighted by molar-refractivity contribution is -0.126. The molecule has 1 saturated carbocycles. The maximum atomic E-state index is 12.3. The number of amides is 1. The number of aromatic nitrogens is 2. The van der Waals surface area contributed by atoms with Gasteiger partial charge in [0.25, 0.3) is 0 Å². The van der Waals surface area contributed by atoms with Crippen molar-refractivity contribution in [3.8, 4) is 6.01 Å². The molecule has 0 radical (unpaired) electrons. The van der Waals surface area contributed by atoms with Gasteiger partial charge in [0.2, 0.25) is 5.91 Å². The predicted molar refractivity (Wildman–Crippen MR) is 163 cm³/mol. The van der Waals surface area contributed by atoms with Gasteiger partial charge in [-0.3, -0.25) is 4.79 Å². The molecular formula is C33H40N6O2. The van der Waals surface area contributed by atoms with Gasteiger partial charge >= 0.3 is 6.01 Å². The lowest BCUT2D eigenvalue weighted by Crippen LogP contribution is -2.50. The van der Waals surface area contributed by atoms with Crippen LogP contribution in [0.15, 0.2) is 49.1 Å². The third-order valence-electron chi connectivity index (χ3n) is 9.74. The zero-order valence-electron chi connectivity index (χ0n) is 24.3. The van der Waals surface area contributed by atoms with Gasteiger partial charge in [-0.2, -0.15) is 9.97 Å². The van der Waals surface area contributed by atoms with Crippen molar-refractivity contribution in [1.29, 1.82) is 0 Å². The number of likely N-dealkylation sites (tertiary alicyclic amines) is 1. The van der Waals surface area contributed by atoms with E-state index in [9.17, 15) is 4.79 Å². The topological polar surface area (TPSA) is 65.0 Å². The molecule has 41 heavy (non-hydrogen) atoms. The third-order valence-corrected chi connectivity index (χ3v) is 9.74. The van der Waals surface area contributed by atoms with E-state index in [2.05, 4.69) is 71.6 Å². The molecule has 1 spiro atoms. The van der Waals surface area contributed by atoms with Gasteiger partial charge in [0, 0.05) is 60.8 Å². The number of aryl methyl sites for hydroxylation is 1. The summed E-state index contributed by atoms with van der Waals surface area (Å²) in [5.41, 5.74) is 5.02. The Labute approximate surface area is 242 Å². The molecule has 0 bridgehead atoms. The van der Waals surface area contributed by atoms with E-state index >= 15 is 0 Å². The van der Waals surface area contributed by atoms with Crippen LogP contribution in [0.3, 0.4) is 0 Å². The van der Waals surface area contributed by atoms with E-state index in [0.717, 1.165) is 63.5 Å². The Hall–Kier alpha value is -3.65. The number of likely N-dealkylation sites (N-methyl/N-ethyl adjacent to an activating group) is 1. The van der Waals surface area contributed by atoms with Gasteiger partial charge in [0.1, 0.15) is 12.4 Å². The van der Waals surface area contributed by atoms with Gasteiger partial charge in [-0.25, -0.2) is 0 Å². The molecular weight excluding hydrogens is 512 g/mol. The predicted octanol–water partition coefficient (Wildman–Crippen LogP) is 4.30. The van der Waals surface area contributed by atoms with Crippen molar-refractivity contribution < 1.29 is 9.53 Å². The second-order valence-corrected chi connectivity index (χ2v) is 12.3. The first-order chi connectivity index (χ1) is 20.0. The van der Waals surface area contributed by atoms with E-state index in [0.29, 0.717) is 31.7 Å². The van der Waals surface area contributed by atoms with E-state index in [1.807, 2.05) is 4.90 Å². The Kier molecular flexibility index (Phi) is 6.61. The monoisotopic (exact) mass is 552 g/mol. The summed E-state index contributed by atoms with van der Waals surface area (Å²) in [4.78, 5) is 31.7. The van der Waals surface area contributed by atoms with E-state index in [1.165, 1.54) is 40.1 Å². The lowest BCUT2D eigenvalue weighted by Gasteiger charge is -2.41. The second-order valence-electron chi connectivity index (χ2n) is 12.3. The molecule has 0 unspecified atom stereocenters. The minimum atomic E-state index is -0.00115. The molecule has 3 fully saturated rings. The molecule has 4 aliphatic rings. The number of piperazine rings is 1. The number of nitrogens with zero attached hydrogens (tertiary/aromatic N) is 6. The summed E-state index contributed by atoms with van der Waals surface area (Å²) in [6.45, 7) is 12.1. The van der Waals surface area contributed by atoms with Crippen molar-refractivity contribution in [1.82, 2.24) is 19.8 Å². The van der Waals surface area contributed by atoms with Crippen LogP contribution in [-0.4, -0.2) is 84.6 Å². The molecule has 1 aliphatic carbocycles. The fourth-order valence-corrected chi connectivity index (χ4v) is 7.23. The third kappa shape index (κ3) is 4.72. The van der Waals surface area contributed by atoms with E-state index < -0.39 is 0 Å². The first kappa shape index (κ1) is 26.3. The van der Waals surface area contributed by atoms with Crippen LogP contribution < -0.4 is 14.5 Å². The Morgan fingerprint density at radius 3 is 2.56 bits per heavy atom. The summed E-state index contributed by atoms with van der Waals surface area (Å²) >= 11 is 0. The summed E-state index contributed by atoms with van der Waals surface area (Å²) in [5, 5.41) is 2.60. The van der Waals surface area contributed by atoms with Crippen LogP contribution in [0.25, 0.3) is 10.8 Å². The normalized spacial score (nSPS) is 21.8. The van der Waals surface area contributed by atoms with Gasteiger partial charge in [-0.15, -0.1) is 0 Å². The number of ether oxygens (including phenoxy) is 1. The van der Waals surface area contributed by atoms with Crippen molar-refractivity contribution >= 4 is 28.2 Å². The molecule has 8 nitrogen and oxygen atoms in total. The molecule has 214 valence electrons. The molecule has 0 N–H and O–H groups in total. The molecule has 1 aromatic heterocycles. The molecule has 4 heterocycles.